The van der Waals surface area contributed by atoms with Crippen LogP contribution in [-0.4, -0.2) is 48.1 Å². The Hall–Kier alpha value is -1.37. The molecule has 26 heavy (non-hydrogen) atoms. The molecule has 2 heterocycles. The number of benzene rings is 1. The Morgan fingerprint density at radius 3 is 2.65 bits per heavy atom. The van der Waals surface area contributed by atoms with Gasteiger partial charge in [0.2, 0.25) is 0 Å². The van der Waals surface area contributed by atoms with Crippen molar-refractivity contribution in [1.29, 1.82) is 0 Å². The van der Waals surface area contributed by atoms with Gasteiger partial charge in [0.25, 0.3) is 0 Å². The van der Waals surface area contributed by atoms with Gasteiger partial charge in [-0.3, -0.25) is 4.55 Å². The maximum Gasteiger partial charge on any atom is 1.00 e. The van der Waals surface area contributed by atoms with Gasteiger partial charge in [0, 0.05) is 0 Å². The van der Waals surface area contributed by atoms with Crippen LogP contribution in [0.3, 0.4) is 0 Å². The Balaban J connectivity index is 0.00000243. The van der Waals surface area contributed by atoms with Crippen LogP contribution in [-0.2, 0) is 19.5 Å². The predicted molar refractivity (Wildman–Crippen MR) is 79.3 cm³/mol. The topological polar surface area (TPSA) is 137 Å². The SMILES string of the molecule is CCCOc1ccc2c(c1)[C@@H]1CN(C(=O)N1OS(=O)(=O)O)[C@H]2C(=O)[O-].[Na+]. The zero-order chi connectivity index (χ0) is 18.4. The summed E-state index contributed by atoms with van der Waals surface area (Å²) in [6.45, 7) is 2.22. The first-order valence-electron chi connectivity index (χ1n) is 7.47. The summed E-state index contributed by atoms with van der Waals surface area (Å²) in [6.07, 6.45) is 0.756. The molecule has 10 nitrogen and oxygen atoms in total. The average molecular weight is 394 g/mol. The molecule has 0 spiro atoms. The summed E-state index contributed by atoms with van der Waals surface area (Å²) in [5.41, 5.74) is 0.628. The number of rotatable bonds is 6. The molecule has 1 aromatic rings. The summed E-state index contributed by atoms with van der Waals surface area (Å²) < 4.78 is 40.8. The summed E-state index contributed by atoms with van der Waals surface area (Å²) in [5.74, 6) is -1.07. The molecule has 0 radical (unpaired) electrons. The third-order valence-corrected chi connectivity index (χ3v) is 4.33. The molecule has 3 rings (SSSR count). The van der Waals surface area contributed by atoms with Crippen molar-refractivity contribution in [3.63, 3.8) is 0 Å². The Morgan fingerprint density at radius 1 is 1.38 bits per heavy atom. The summed E-state index contributed by atoms with van der Waals surface area (Å²) in [5, 5.41) is 12.0. The molecule has 2 aliphatic rings. The van der Waals surface area contributed by atoms with Crippen molar-refractivity contribution in [3.8, 4) is 5.75 Å². The van der Waals surface area contributed by atoms with Crippen LogP contribution in [0, 0.1) is 0 Å². The number of carboxylic acid groups (broad SMARTS) is 1. The van der Waals surface area contributed by atoms with Crippen LogP contribution in [0.25, 0.3) is 0 Å². The maximum absolute atomic E-state index is 12.3. The van der Waals surface area contributed by atoms with E-state index in [4.69, 9.17) is 9.29 Å². The number of carbonyl (C=O) groups is 2. The molecule has 2 aliphatic heterocycles. The van der Waals surface area contributed by atoms with Crippen molar-refractivity contribution < 1.29 is 66.2 Å². The molecule has 1 aromatic carbocycles. The number of hydrogen-bond donors (Lipinski definition) is 1. The van der Waals surface area contributed by atoms with Gasteiger partial charge in [-0.15, -0.1) is 4.28 Å². The minimum Gasteiger partial charge on any atom is -0.548 e. The number of carbonyl (C=O) groups excluding carboxylic acids is 2. The summed E-state index contributed by atoms with van der Waals surface area (Å²) in [7, 11) is -4.96. The van der Waals surface area contributed by atoms with Crippen molar-refractivity contribution in [1.82, 2.24) is 9.96 Å². The van der Waals surface area contributed by atoms with Crippen molar-refractivity contribution in [2.45, 2.75) is 25.4 Å². The first-order valence-corrected chi connectivity index (χ1v) is 8.83. The van der Waals surface area contributed by atoms with Gasteiger partial charge < -0.3 is 19.5 Å². The largest absolute Gasteiger partial charge is 1.00 e. The van der Waals surface area contributed by atoms with E-state index in [1.807, 2.05) is 6.92 Å². The zero-order valence-electron chi connectivity index (χ0n) is 14.1. The van der Waals surface area contributed by atoms with Crippen molar-refractivity contribution in [2.75, 3.05) is 13.2 Å². The van der Waals surface area contributed by atoms with Gasteiger partial charge in [-0.1, -0.05) is 13.0 Å². The summed E-state index contributed by atoms with van der Waals surface area (Å²) >= 11 is 0. The van der Waals surface area contributed by atoms with Crippen LogP contribution in [0.2, 0.25) is 0 Å². The first kappa shape index (κ1) is 20.9. The second kappa shape index (κ2) is 7.71. The van der Waals surface area contributed by atoms with Gasteiger partial charge in [-0.2, -0.15) is 13.5 Å². The van der Waals surface area contributed by atoms with E-state index in [1.54, 1.807) is 6.07 Å². The van der Waals surface area contributed by atoms with E-state index in [-0.39, 0.29) is 41.7 Å². The third-order valence-electron chi connectivity index (χ3n) is 3.98. The fourth-order valence-electron chi connectivity index (χ4n) is 3.05. The third kappa shape index (κ3) is 3.82. The summed E-state index contributed by atoms with van der Waals surface area (Å²) in [4.78, 5) is 24.8. The molecule has 0 aromatic heterocycles. The quantitative estimate of drug-likeness (QED) is 0.393. The number of amides is 2. The Kier molecular flexibility index (Phi) is 6.20. The number of aliphatic carboxylic acids is 1. The molecule has 1 N–H and O–H groups in total. The standard InChI is InChI=1S/C14H16N2O8S.Na/c1-2-5-23-8-3-4-9-10(6-8)11-7-15(12(9)13(17)18)14(19)16(11)24-25(20,21)22;/h3-4,6,11-12H,2,5,7H2,1H3,(H,17,18)(H,20,21,22);/q;+1/p-1/t11-,12+;/m0./s1. The number of ether oxygens (including phenoxy) is 1. The van der Waals surface area contributed by atoms with E-state index in [9.17, 15) is 23.1 Å². The molecule has 12 heteroatoms. The molecule has 2 atom stereocenters. The minimum atomic E-state index is -4.96. The van der Waals surface area contributed by atoms with E-state index in [0.29, 0.717) is 23.0 Å². The molecule has 1 fully saturated rings. The summed E-state index contributed by atoms with van der Waals surface area (Å²) in [6, 6.07) is 1.28. The minimum absolute atomic E-state index is 0. The Bertz CT molecular complexity index is 830. The van der Waals surface area contributed by atoms with Gasteiger partial charge in [0.05, 0.1) is 25.2 Å². The number of nitrogens with zero attached hydrogens (tertiary/aromatic N) is 2. The smallest absolute Gasteiger partial charge is 0.548 e. The zero-order valence-corrected chi connectivity index (χ0v) is 16.9. The molecule has 0 aliphatic carbocycles. The van der Waals surface area contributed by atoms with Gasteiger partial charge in [-0.25, -0.2) is 4.79 Å². The van der Waals surface area contributed by atoms with E-state index < -0.39 is 34.5 Å². The number of hydrogen-bond acceptors (Lipinski definition) is 7. The molecule has 0 unspecified atom stereocenters. The molecular formula is C14H15N2NaO8S. The van der Waals surface area contributed by atoms with Crippen LogP contribution in [0.15, 0.2) is 18.2 Å². The first-order chi connectivity index (χ1) is 11.7. The number of urea groups is 1. The van der Waals surface area contributed by atoms with Crippen LogP contribution in [0.5, 0.6) is 5.75 Å². The van der Waals surface area contributed by atoms with Crippen molar-refractivity contribution in [3.05, 3.63) is 29.3 Å². The van der Waals surface area contributed by atoms with Crippen LogP contribution in [0.4, 0.5) is 4.79 Å². The second-order valence-corrected chi connectivity index (χ2v) is 6.64. The van der Waals surface area contributed by atoms with Crippen molar-refractivity contribution >= 4 is 22.4 Å². The van der Waals surface area contributed by atoms with Crippen molar-refractivity contribution in [2.24, 2.45) is 0 Å². The molecule has 1 saturated heterocycles. The monoisotopic (exact) mass is 394 g/mol. The van der Waals surface area contributed by atoms with Crippen LogP contribution < -0.4 is 39.4 Å². The number of hydroxylamine groups is 2. The molecule has 2 bridgehead atoms. The molecular weight excluding hydrogens is 379 g/mol. The van der Waals surface area contributed by atoms with E-state index >= 15 is 0 Å². The van der Waals surface area contributed by atoms with Crippen LogP contribution in [0.1, 0.15) is 36.6 Å². The fraction of sp³-hybridized carbons (Fsp3) is 0.429. The molecule has 0 saturated carbocycles. The fourth-order valence-corrected chi connectivity index (χ4v) is 3.42. The van der Waals surface area contributed by atoms with E-state index in [2.05, 4.69) is 4.28 Å². The van der Waals surface area contributed by atoms with Gasteiger partial charge >= 0.3 is 46.0 Å². The molecule has 2 amide bonds. The number of fused-ring (bicyclic) bond motifs is 4. The normalized spacial score (nSPS) is 21.2. The van der Waals surface area contributed by atoms with E-state index in [0.717, 1.165) is 11.3 Å². The van der Waals surface area contributed by atoms with Gasteiger partial charge in [-0.05, 0) is 29.7 Å². The van der Waals surface area contributed by atoms with E-state index in [1.165, 1.54) is 12.1 Å². The Morgan fingerprint density at radius 2 is 2.08 bits per heavy atom. The van der Waals surface area contributed by atoms with Gasteiger partial charge in [0.1, 0.15) is 11.8 Å². The van der Waals surface area contributed by atoms with Crippen LogP contribution >= 0.6 is 0 Å². The maximum atomic E-state index is 12.3. The second-order valence-electron chi connectivity index (χ2n) is 5.64. The predicted octanol–water partition coefficient (Wildman–Crippen LogP) is -3.20. The molecule has 136 valence electrons. The average Bonchev–Trinajstić information content (AvgIpc) is 2.78. The van der Waals surface area contributed by atoms with Gasteiger partial charge in [0.15, 0.2) is 0 Å². The Labute approximate surface area is 171 Å². The number of carboxylic acids is 1.